The van der Waals surface area contributed by atoms with E-state index < -0.39 is 0 Å². The van der Waals surface area contributed by atoms with Crippen LogP contribution in [0, 0.1) is 5.92 Å². The molecule has 1 fully saturated rings. The lowest BCUT2D eigenvalue weighted by atomic mass is 10.0. The third-order valence-corrected chi connectivity index (χ3v) is 3.48. The maximum absolute atomic E-state index is 11.3. The number of hydrogen-bond donors (Lipinski definition) is 3. The maximum Gasteiger partial charge on any atom is 0.233 e. The highest BCUT2D eigenvalue weighted by Crippen LogP contribution is 2.14. The number of thiol groups is 1. The van der Waals surface area contributed by atoms with Crippen molar-refractivity contribution in [1.82, 2.24) is 10.0 Å². The van der Waals surface area contributed by atoms with E-state index in [1.165, 1.54) is 0 Å². The van der Waals surface area contributed by atoms with Gasteiger partial charge in [-0.2, -0.15) is 11.1 Å². The van der Waals surface area contributed by atoms with E-state index in [1.807, 2.05) is 0 Å². The van der Waals surface area contributed by atoms with Gasteiger partial charge in [-0.25, -0.2) is 0 Å². The summed E-state index contributed by atoms with van der Waals surface area (Å²) in [4.78, 5) is 11.3. The van der Waals surface area contributed by atoms with Crippen LogP contribution in [0.1, 0.15) is 6.92 Å². The molecule has 0 aromatic heterocycles. The van der Waals surface area contributed by atoms with Crippen molar-refractivity contribution in [2.45, 2.75) is 6.92 Å². The monoisotopic (exact) mass is 176 g/mol. The second-order valence-corrected chi connectivity index (χ2v) is 5.10. The molecule has 1 aliphatic rings. The molecule has 1 atom stereocenters. The molecule has 11 heavy (non-hydrogen) atoms. The standard InChI is InChI=1S/C7H16N2OS/c1-3-11(2)9-7(10)6-4-8-5-6/h6,8,11H,3-5H2,1-2H3,(H,9,10). The first-order chi connectivity index (χ1) is 5.24. The third kappa shape index (κ3) is 2.38. The van der Waals surface area contributed by atoms with Crippen LogP contribution in [0.3, 0.4) is 0 Å². The van der Waals surface area contributed by atoms with E-state index in [0.29, 0.717) is 0 Å². The number of hydrogen-bond acceptors (Lipinski definition) is 2. The average molecular weight is 176 g/mol. The summed E-state index contributed by atoms with van der Waals surface area (Å²) in [5.41, 5.74) is 0. The predicted octanol–water partition coefficient (Wildman–Crippen LogP) is -0.112. The van der Waals surface area contributed by atoms with E-state index in [2.05, 4.69) is 23.2 Å². The molecular formula is C7H16N2OS. The molecule has 4 heteroatoms. The van der Waals surface area contributed by atoms with Gasteiger partial charge in [-0.1, -0.05) is 6.92 Å². The van der Waals surface area contributed by atoms with Crippen molar-refractivity contribution in [1.29, 1.82) is 0 Å². The lowest BCUT2D eigenvalue weighted by Gasteiger charge is -2.28. The third-order valence-electron chi connectivity index (χ3n) is 1.93. The van der Waals surface area contributed by atoms with Crippen LogP contribution in [0.15, 0.2) is 0 Å². The van der Waals surface area contributed by atoms with Gasteiger partial charge in [0.15, 0.2) is 0 Å². The van der Waals surface area contributed by atoms with Gasteiger partial charge in [-0.05, 0) is 12.0 Å². The Balaban J connectivity index is 2.19. The first-order valence-electron chi connectivity index (χ1n) is 3.96. The Hall–Kier alpha value is -0.220. The zero-order chi connectivity index (χ0) is 8.27. The molecular weight excluding hydrogens is 160 g/mol. The summed E-state index contributed by atoms with van der Waals surface area (Å²) >= 11 is -0.249. The fourth-order valence-corrected chi connectivity index (χ4v) is 1.55. The average Bonchev–Trinajstić information content (AvgIpc) is 1.83. The summed E-state index contributed by atoms with van der Waals surface area (Å²) in [6.45, 7) is 3.82. The molecule has 1 saturated heterocycles. The van der Waals surface area contributed by atoms with Crippen LogP contribution in [0.5, 0.6) is 0 Å². The first-order valence-corrected chi connectivity index (χ1v) is 5.93. The molecule has 1 heterocycles. The molecule has 66 valence electrons. The van der Waals surface area contributed by atoms with Crippen LogP contribution in [-0.4, -0.2) is 31.0 Å². The topological polar surface area (TPSA) is 41.1 Å². The largest absolute Gasteiger partial charge is 0.321 e. The van der Waals surface area contributed by atoms with Gasteiger partial charge in [0, 0.05) is 13.1 Å². The molecule has 1 aliphatic heterocycles. The summed E-state index contributed by atoms with van der Waals surface area (Å²) in [5, 5.41) is 3.08. The fraction of sp³-hybridized carbons (Fsp3) is 0.857. The minimum atomic E-state index is -0.249. The van der Waals surface area contributed by atoms with Gasteiger partial charge >= 0.3 is 0 Å². The highest BCUT2D eigenvalue weighted by Gasteiger charge is 2.24. The molecule has 0 aliphatic carbocycles. The van der Waals surface area contributed by atoms with Gasteiger partial charge in [-0.3, -0.25) is 4.79 Å². The smallest absolute Gasteiger partial charge is 0.233 e. The number of rotatable bonds is 3. The molecule has 0 saturated carbocycles. The Morgan fingerprint density at radius 1 is 1.73 bits per heavy atom. The number of carbonyl (C=O) groups excluding carboxylic acids is 1. The highest BCUT2D eigenvalue weighted by atomic mass is 32.2. The van der Waals surface area contributed by atoms with Gasteiger partial charge in [0.05, 0.1) is 5.92 Å². The second kappa shape index (κ2) is 3.97. The molecule has 1 unspecified atom stereocenters. The molecule has 0 aromatic carbocycles. The quantitative estimate of drug-likeness (QED) is 0.525. The number of amides is 1. The first kappa shape index (κ1) is 8.87. The molecule has 1 rings (SSSR count). The molecule has 0 bridgehead atoms. The molecule has 2 N–H and O–H groups in total. The molecule has 0 radical (unpaired) electrons. The predicted molar refractivity (Wildman–Crippen MR) is 50.0 cm³/mol. The van der Waals surface area contributed by atoms with Crippen LogP contribution >= 0.6 is 11.1 Å². The van der Waals surface area contributed by atoms with Gasteiger partial charge in [-0.15, -0.1) is 0 Å². The minimum absolute atomic E-state index is 0.235. The SMILES string of the molecule is CC[SH](C)NC(=O)C1CNC1. The Morgan fingerprint density at radius 2 is 2.36 bits per heavy atom. The van der Waals surface area contributed by atoms with Crippen molar-refractivity contribution >= 4 is 17.0 Å². The zero-order valence-corrected chi connectivity index (χ0v) is 7.95. The zero-order valence-electron chi connectivity index (χ0n) is 7.05. The number of nitrogens with one attached hydrogen (secondary N) is 2. The minimum Gasteiger partial charge on any atom is -0.321 e. The van der Waals surface area contributed by atoms with Gasteiger partial charge in [0.25, 0.3) is 0 Å². The van der Waals surface area contributed by atoms with Crippen molar-refractivity contribution in [2.75, 3.05) is 25.1 Å². The van der Waals surface area contributed by atoms with Crippen molar-refractivity contribution in [3.05, 3.63) is 0 Å². The van der Waals surface area contributed by atoms with Crippen molar-refractivity contribution < 1.29 is 4.79 Å². The van der Waals surface area contributed by atoms with E-state index in [1.54, 1.807) is 0 Å². The van der Waals surface area contributed by atoms with Crippen molar-refractivity contribution in [3.8, 4) is 0 Å². The summed E-state index contributed by atoms with van der Waals surface area (Å²) in [5.74, 6) is 1.55. The molecule has 1 amide bonds. The molecule has 3 nitrogen and oxygen atoms in total. The Kier molecular flexibility index (Phi) is 3.20. The van der Waals surface area contributed by atoms with Crippen LogP contribution in [0.2, 0.25) is 0 Å². The summed E-state index contributed by atoms with van der Waals surface area (Å²) in [6, 6.07) is 0. The summed E-state index contributed by atoms with van der Waals surface area (Å²) in [7, 11) is 0. The fourth-order valence-electron chi connectivity index (χ4n) is 0.833. The van der Waals surface area contributed by atoms with Crippen LogP contribution in [0.25, 0.3) is 0 Å². The normalized spacial score (nSPS) is 22.2. The lowest BCUT2D eigenvalue weighted by Crippen LogP contribution is -2.50. The van der Waals surface area contributed by atoms with Gasteiger partial charge in [0.1, 0.15) is 0 Å². The maximum atomic E-state index is 11.3. The highest BCUT2D eigenvalue weighted by molar-refractivity contribution is 8.15. The van der Waals surface area contributed by atoms with Gasteiger partial charge < -0.3 is 10.0 Å². The summed E-state index contributed by atoms with van der Waals surface area (Å²) in [6.07, 6.45) is 2.10. The van der Waals surface area contributed by atoms with Gasteiger partial charge in [0.2, 0.25) is 5.91 Å². The van der Waals surface area contributed by atoms with E-state index in [9.17, 15) is 4.79 Å². The lowest BCUT2D eigenvalue weighted by molar-refractivity contribution is -0.124. The van der Waals surface area contributed by atoms with E-state index in [0.717, 1.165) is 18.8 Å². The Bertz CT molecular complexity index is 147. The van der Waals surface area contributed by atoms with E-state index in [4.69, 9.17) is 0 Å². The van der Waals surface area contributed by atoms with E-state index >= 15 is 0 Å². The second-order valence-electron chi connectivity index (χ2n) is 2.85. The molecule has 0 aromatic rings. The van der Waals surface area contributed by atoms with Crippen LogP contribution in [0.4, 0.5) is 0 Å². The Morgan fingerprint density at radius 3 is 2.73 bits per heavy atom. The molecule has 0 spiro atoms. The van der Waals surface area contributed by atoms with Crippen LogP contribution < -0.4 is 10.0 Å². The van der Waals surface area contributed by atoms with Crippen molar-refractivity contribution in [2.24, 2.45) is 5.92 Å². The van der Waals surface area contributed by atoms with E-state index in [-0.39, 0.29) is 22.9 Å². The van der Waals surface area contributed by atoms with Crippen LogP contribution in [-0.2, 0) is 4.79 Å². The Labute approximate surface area is 70.4 Å². The summed E-state index contributed by atoms with van der Waals surface area (Å²) < 4.78 is 3.02. The van der Waals surface area contributed by atoms with Crippen molar-refractivity contribution in [3.63, 3.8) is 0 Å². The number of carbonyl (C=O) groups is 1.